The van der Waals surface area contributed by atoms with E-state index in [1.54, 1.807) is 0 Å². The molecule has 0 saturated heterocycles. The van der Waals surface area contributed by atoms with E-state index in [2.05, 4.69) is 15.3 Å². The SMILES string of the molecule is CNc1ncc2c(n1)-c1ccc(Cl)cc1C2. The summed E-state index contributed by atoms with van der Waals surface area (Å²) < 4.78 is 0. The maximum absolute atomic E-state index is 5.98. The highest BCUT2D eigenvalue weighted by molar-refractivity contribution is 6.30. The highest BCUT2D eigenvalue weighted by Gasteiger charge is 2.20. The third-order valence-electron chi connectivity index (χ3n) is 2.79. The van der Waals surface area contributed by atoms with Crippen LogP contribution in [0, 0.1) is 0 Å². The molecule has 3 rings (SSSR count). The molecule has 0 aliphatic heterocycles. The number of nitrogens with one attached hydrogen (secondary N) is 1. The summed E-state index contributed by atoms with van der Waals surface area (Å²) in [6.45, 7) is 0. The van der Waals surface area contributed by atoms with Crippen molar-refractivity contribution in [1.82, 2.24) is 9.97 Å². The molecule has 4 heteroatoms. The number of halogens is 1. The highest BCUT2D eigenvalue weighted by atomic mass is 35.5. The number of fused-ring (bicyclic) bond motifs is 3. The molecule has 0 unspecified atom stereocenters. The third kappa shape index (κ3) is 1.36. The zero-order valence-electron chi connectivity index (χ0n) is 8.79. The summed E-state index contributed by atoms with van der Waals surface area (Å²) in [6.07, 6.45) is 2.75. The molecule has 1 aromatic carbocycles. The van der Waals surface area contributed by atoms with Crippen molar-refractivity contribution in [2.24, 2.45) is 0 Å². The van der Waals surface area contributed by atoms with Gasteiger partial charge in [0.25, 0.3) is 0 Å². The van der Waals surface area contributed by atoms with Crippen LogP contribution in [0.25, 0.3) is 11.3 Å². The van der Waals surface area contributed by atoms with Crippen molar-refractivity contribution in [2.75, 3.05) is 12.4 Å². The van der Waals surface area contributed by atoms with E-state index in [0.29, 0.717) is 5.95 Å². The van der Waals surface area contributed by atoms with Gasteiger partial charge in [-0.2, -0.15) is 0 Å². The van der Waals surface area contributed by atoms with E-state index in [1.165, 1.54) is 11.1 Å². The Morgan fingerprint density at radius 3 is 3.00 bits per heavy atom. The van der Waals surface area contributed by atoms with Gasteiger partial charge in [-0.25, -0.2) is 9.97 Å². The van der Waals surface area contributed by atoms with E-state index < -0.39 is 0 Å². The van der Waals surface area contributed by atoms with E-state index in [-0.39, 0.29) is 0 Å². The zero-order chi connectivity index (χ0) is 11.1. The van der Waals surface area contributed by atoms with Crippen molar-refractivity contribution >= 4 is 17.5 Å². The van der Waals surface area contributed by atoms with Crippen LogP contribution in [0.5, 0.6) is 0 Å². The second kappa shape index (κ2) is 3.46. The van der Waals surface area contributed by atoms with E-state index in [0.717, 1.165) is 22.7 Å². The molecule has 1 aromatic heterocycles. The number of anilines is 1. The molecule has 80 valence electrons. The number of benzene rings is 1. The van der Waals surface area contributed by atoms with Crippen molar-refractivity contribution in [3.63, 3.8) is 0 Å². The second-order valence-corrected chi connectivity index (χ2v) is 4.23. The fourth-order valence-electron chi connectivity index (χ4n) is 2.03. The summed E-state index contributed by atoms with van der Waals surface area (Å²) in [5, 5.41) is 3.72. The lowest BCUT2D eigenvalue weighted by Crippen LogP contribution is -1.97. The normalized spacial score (nSPS) is 12.1. The quantitative estimate of drug-likeness (QED) is 0.700. The molecule has 0 fully saturated rings. The topological polar surface area (TPSA) is 37.8 Å². The molecule has 1 N–H and O–H groups in total. The Kier molecular flexibility index (Phi) is 2.07. The van der Waals surface area contributed by atoms with Gasteiger partial charge in [-0.15, -0.1) is 0 Å². The number of nitrogens with zero attached hydrogens (tertiary/aromatic N) is 2. The van der Waals surface area contributed by atoms with Gasteiger partial charge < -0.3 is 5.32 Å². The van der Waals surface area contributed by atoms with Crippen LogP contribution in [0.15, 0.2) is 24.4 Å². The number of hydrogen-bond donors (Lipinski definition) is 1. The molecule has 1 aliphatic rings. The largest absolute Gasteiger partial charge is 0.357 e. The van der Waals surface area contributed by atoms with Crippen LogP contribution in [0.4, 0.5) is 5.95 Å². The maximum Gasteiger partial charge on any atom is 0.222 e. The van der Waals surface area contributed by atoms with E-state index in [4.69, 9.17) is 11.6 Å². The second-order valence-electron chi connectivity index (χ2n) is 3.80. The molecule has 1 aliphatic carbocycles. The molecular weight excluding hydrogens is 222 g/mol. The molecule has 0 bridgehead atoms. The predicted octanol–water partition coefficient (Wildman–Crippen LogP) is 2.74. The zero-order valence-corrected chi connectivity index (χ0v) is 9.54. The first kappa shape index (κ1) is 9.60. The van der Waals surface area contributed by atoms with Crippen molar-refractivity contribution in [1.29, 1.82) is 0 Å². The van der Waals surface area contributed by atoms with Crippen molar-refractivity contribution in [3.8, 4) is 11.3 Å². The van der Waals surface area contributed by atoms with Crippen LogP contribution < -0.4 is 5.32 Å². The van der Waals surface area contributed by atoms with Crippen LogP contribution in [0.1, 0.15) is 11.1 Å². The minimum atomic E-state index is 0.654. The minimum absolute atomic E-state index is 0.654. The minimum Gasteiger partial charge on any atom is -0.357 e. The monoisotopic (exact) mass is 231 g/mol. The van der Waals surface area contributed by atoms with Crippen molar-refractivity contribution < 1.29 is 0 Å². The highest BCUT2D eigenvalue weighted by Crippen LogP contribution is 2.36. The first-order chi connectivity index (χ1) is 7.78. The van der Waals surface area contributed by atoms with Gasteiger partial charge in [0.15, 0.2) is 0 Å². The number of rotatable bonds is 1. The first-order valence-corrected chi connectivity index (χ1v) is 5.48. The Morgan fingerprint density at radius 2 is 2.19 bits per heavy atom. The van der Waals surface area contributed by atoms with E-state index in [9.17, 15) is 0 Å². The molecule has 0 radical (unpaired) electrons. The van der Waals surface area contributed by atoms with Crippen LogP contribution in [0.2, 0.25) is 5.02 Å². The van der Waals surface area contributed by atoms with Crippen LogP contribution in [0.3, 0.4) is 0 Å². The summed E-state index contributed by atoms with van der Waals surface area (Å²) in [4.78, 5) is 8.70. The first-order valence-electron chi connectivity index (χ1n) is 5.10. The molecule has 0 spiro atoms. The van der Waals surface area contributed by atoms with Crippen molar-refractivity contribution in [3.05, 3.63) is 40.5 Å². The van der Waals surface area contributed by atoms with Gasteiger partial charge in [-0.05, 0) is 17.7 Å². The molecule has 16 heavy (non-hydrogen) atoms. The summed E-state index contributed by atoms with van der Waals surface area (Å²) in [5.41, 5.74) is 4.57. The Labute approximate surface area is 98.5 Å². The average molecular weight is 232 g/mol. The van der Waals surface area contributed by atoms with Gasteiger partial charge in [0.1, 0.15) is 0 Å². The van der Waals surface area contributed by atoms with Crippen LogP contribution >= 0.6 is 11.6 Å². The van der Waals surface area contributed by atoms with Gasteiger partial charge in [0.05, 0.1) is 5.69 Å². The Morgan fingerprint density at radius 1 is 1.31 bits per heavy atom. The lowest BCUT2D eigenvalue weighted by Gasteiger charge is -2.02. The molecule has 2 aromatic rings. The maximum atomic E-state index is 5.98. The van der Waals surface area contributed by atoms with E-state index >= 15 is 0 Å². The lowest BCUT2D eigenvalue weighted by atomic mass is 10.1. The van der Waals surface area contributed by atoms with Gasteiger partial charge in [-0.1, -0.05) is 17.7 Å². The molecule has 0 saturated carbocycles. The Bertz CT molecular complexity index is 566. The lowest BCUT2D eigenvalue weighted by molar-refractivity contribution is 1.11. The Hall–Kier alpha value is -1.61. The van der Waals surface area contributed by atoms with Crippen LogP contribution in [-0.2, 0) is 6.42 Å². The number of aromatic nitrogens is 2. The van der Waals surface area contributed by atoms with E-state index in [1.807, 2.05) is 31.4 Å². The molecule has 0 atom stereocenters. The molecular formula is C12H10ClN3. The van der Waals surface area contributed by atoms with Crippen LogP contribution in [-0.4, -0.2) is 17.0 Å². The van der Waals surface area contributed by atoms with Gasteiger partial charge in [0.2, 0.25) is 5.95 Å². The van der Waals surface area contributed by atoms with Crippen molar-refractivity contribution in [2.45, 2.75) is 6.42 Å². The Balaban J connectivity index is 2.19. The fourth-order valence-corrected chi connectivity index (χ4v) is 2.23. The molecule has 1 heterocycles. The third-order valence-corrected chi connectivity index (χ3v) is 3.03. The standard InChI is InChI=1S/C12H10ClN3/c1-14-12-15-6-8-4-7-5-9(13)2-3-10(7)11(8)16-12/h2-3,5-6H,4H2,1H3,(H,14,15,16). The summed E-state index contributed by atoms with van der Waals surface area (Å²) in [5.74, 6) is 0.654. The summed E-state index contributed by atoms with van der Waals surface area (Å²) >= 11 is 5.98. The van der Waals surface area contributed by atoms with Gasteiger partial charge >= 0.3 is 0 Å². The van der Waals surface area contributed by atoms with Gasteiger partial charge in [0, 0.05) is 35.8 Å². The smallest absolute Gasteiger partial charge is 0.222 e. The average Bonchev–Trinajstić information content (AvgIpc) is 2.65. The number of hydrogen-bond acceptors (Lipinski definition) is 3. The predicted molar refractivity (Wildman–Crippen MR) is 64.8 cm³/mol. The fraction of sp³-hybridized carbons (Fsp3) is 0.167. The summed E-state index contributed by atoms with van der Waals surface area (Å²) in [6, 6.07) is 5.92. The van der Waals surface area contributed by atoms with Gasteiger partial charge in [-0.3, -0.25) is 0 Å². The summed E-state index contributed by atoms with van der Waals surface area (Å²) in [7, 11) is 1.82. The molecule has 0 amide bonds. The molecule has 3 nitrogen and oxygen atoms in total.